The van der Waals surface area contributed by atoms with Crippen molar-refractivity contribution in [2.75, 3.05) is 19.6 Å². The highest BCUT2D eigenvalue weighted by atomic mass is 35.5. The number of rotatable bonds is 5. The van der Waals surface area contributed by atoms with E-state index in [9.17, 15) is 0 Å². The number of halogens is 2. The van der Waals surface area contributed by atoms with E-state index in [1.165, 1.54) is 0 Å². The lowest BCUT2D eigenvalue weighted by atomic mass is 10.1. The first kappa shape index (κ1) is 15.1. The minimum Gasteiger partial charge on any atom is -0.370 e. The zero-order valence-electron chi connectivity index (χ0n) is 10.8. The molecule has 0 aromatic heterocycles. The summed E-state index contributed by atoms with van der Waals surface area (Å²) in [5.74, 6) is 0.572. The molecule has 0 heterocycles. The van der Waals surface area contributed by atoms with Crippen molar-refractivity contribution < 1.29 is 0 Å². The smallest absolute Gasteiger partial charge is 0.191 e. The van der Waals surface area contributed by atoms with Crippen LogP contribution in [0.4, 0.5) is 0 Å². The predicted octanol–water partition coefficient (Wildman–Crippen LogP) is 3.19. The Hall–Kier alpha value is -0.930. The lowest BCUT2D eigenvalue weighted by Gasteiger charge is -2.19. The fourth-order valence-electron chi connectivity index (χ4n) is 1.70. The largest absolute Gasteiger partial charge is 0.370 e. The molecule has 0 aliphatic rings. The maximum Gasteiger partial charge on any atom is 0.191 e. The van der Waals surface area contributed by atoms with Gasteiger partial charge in [0, 0.05) is 29.7 Å². The Labute approximate surface area is 119 Å². The van der Waals surface area contributed by atoms with E-state index in [2.05, 4.69) is 18.8 Å². The van der Waals surface area contributed by atoms with Crippen molar-refractivity contribution in [2.24, 2.45) is 10.7 Å². The quantitative estimate of drug-likeness (QED) is 0.668. The SMILES string of the molecule is CCN(CC)C(N)=NCCc1c(Cl)cccc1Cl. The molecule has 3 nitrogen and oxygen atoms in total. The summed E-state index contributed by atoms with van der Waals surface area (Å²) in [6, 6.07) is 5.50. The Bertz CT molecular complexity index is 394. The lowest BCUT2D eigenvalue weighted by Crippen LogP contribution is -2.37. The van der Waals surface area contributed by atoms with Crippen LogP contribution in [0.5, 0.6) is 0 Å². The summed E-state index contributed by atoms with van der Waals surface area (Å²) < 4.78 is 0. The van der Waals surface area contributed by atoms with Crippen molar-refractivity contribution >= 4 is 29.2 Å². The summed E-state index contributed by atoms with van der Waals surface area (Å²) in [6.45, 7) is 6.41. The van der Waals surface area contributed by atoms with Gasteiger partial charge in [0.25, 0.3) is 0 Å². The number of hydrogen-bond donors (Lipinski definition) is 1. The highest BCUT2D eigenvalue weighted by molar-refractivity contribution is 6.35. The van der Waals surface area contributed by atoms with Gasteiger partial charge in [-0.3, -0.25) is 4.99 Å². The van der Waals surface area contributed by atoms with Gasteiger partial charge in [-0.05, 0) is 38.0 Å². The molecule has 0 fully saturated rings. The summed E-state index contributed by atoms with van der Waals surface area (Å²) in [5, 5.41) is 1.36. The van der Waals surface area contributed by atoms with E-state index in [1.807, 2.05) is 23.1 Å². The maximum atomic E-state index is 6.09. The van der Waals surface area contributed by atoms with E-state index in [0.29, 0.717) is 29.0 Å². The van der Waals surface area contributed by atoms with Crippen molar-refractivity contribution in [1.82, 2.24) is 4.90 Å². The van der Waals surface area contributed by atoms with Gasteiger partial charge in [-0.25, -0.2) is 0 Å². The standard InChI is InChI=1S/C13H19Cl2N3/c1-3-18(4-2)13(16)17-9-8-10-11(14)6-5-7-12(10)15/h5-7H,3-4,8-9H2,1-2H3,(H2,16,17). The maximum absolute atomic E-state index is 6.09. The Morgan fingerprint density at radius 1 is 1.22 bits per heavy atom. The third-order valence-corrected chi connectivity index (χ3v) is 3.49. The van der Waals surface area contributed by atoms with Crippen LogP contribution in [0.15, 0.2) is 23.2 Å². The van der Waals surface area contributed by atoms with Crippen LogP contribution >= 0.6 is 23.2 Å². The minimum absolute atomic E-state index is 0.572. The number of nitrogens with two attached hydrogens (primary N) is 1. The van der Waals surface area contributed by atoms with Gasteiger partial charge >= 0.3 is 0 Å². The molecule has 0 unspecified atom stereocenters. The van der Waals surface area contributed by atoms with Crippen LogP contribution in [-0.4, -0.2) is 30.5 Å². The summed E-state index contributed by atoms with van der Waals surface area (Å²) >= 11 is 12.2. The molecule has 0 bridgehead atoms. The van der Waals surface area contributed by atoms with E-state index in [1.54, 1.807) is 0 Å². The van der Waals surface area contributed by atoms with Crippen LogP contribution < -0.4 is 5.73 Å². The fraction of sp³-hybridized carbons (Fsp3) is 0.462. The van der Waals surface area contributed by atoms with Crippen LogP contribution in [0.3, 0.4) is 0 Å². The van der Waals surface area contributed by atoms with E-state index in [4.69, 9.17) is 28.9 Å². The Kier molecular flexibility index (Phi) is 6.30. The van der Waals surface area contributed by atoms with Crippen LogP contribution in [0.1, 0.15) is 19.4 Å². The normalized spacial score (nSPS) is 11.7. The molecule has 1 aromatic carbocycles. The van der Waals surface area contributed by atoms with Gasteiger partial charge in [0.05, 0.1) is 0 Å². The van der Waals surface area contributed by atoms with Gasteiger partial charge in [-0.2, -0.15) is 0 Å². The van der Waals surface area contributed by atoms with Crippen LogP contribution in [0, 0.1) is 0 Å². The molecule has 0 saturated carbocycles. The Balaban J connectivity index is 2.63. The van der Waals surface area contributed by atoms with E-state index < -0.39 is 0 Å². The van der Waals surface area contributed by atoms with Crippen molar-refractivity contribution in [3.05, 3.63) is 33.8 Å². The summed E-state index contributed by atoms with van der Waals surface area (Å²) in [7, 11) is 0. The molecule has 0 spiro atoms. The van der Waals surface area contributed by atoms with Gasteiger partial charge in [0.1, 0.15) is 0 Å². The molecule has 100 valence electrons. The molecule has 0 radical (unpaired) electrons. The average molecular weight is 288 g/mol. The zero-order valence-corrected chi connectivity index (χ0v) is 12.3. The van der Waals surface area contributed by atoms with Gasteiger partial charge in [-0.1, -0.05) is 29.3 Å². The van der Waals surface area contributed by atoms with Crippen LogP contribution in [-0.2, 0) is 6.42 Å². The van der Waals surface area contributed by atoms with Crippen LogP contribution in [0.25, 0.3) is 0 Å². The lowest BCUT2D eigenvalue weighted by molar-refractivity contribution is 0.458. The molecule has 0 atom stereocenters. The molecule has 0 aliphatic carbocycles. The van der Waals surface area contributed by atoms with Gasteiger partial charge in [0.15, 0.2) is 5.96 Å². The molecule has 0 aliphatic heterocycles. The molecular formula is C13H19Cl2N3. The molecule has 0 saturated heterocycles. The first-order chi connectivity index (χ1) is 8.60. The van der Waals surface area contributed by atoms with E-state index >= 15 is 0 Å². The van der Waals surface area contributed by atoms with Gasteiger partial charge in [-0.15, -0.1) is 0 Å². The molecule has 5 heteroatoms. The molecule has 1 rings (SSSR count). The fourth-order valence-corrected chi connectivity index (χ4v) is 2.29. The Morgan fingerprint density at radius 3 is 2.28 bits per heavy atom. The molecular weight excluding hydrogens is 269 g/mol. The Morgan fingerprint density at radius 2 is 1.78 bits per heavy atom. The average Bonchev–Trinajstić information content (AvgIpc) is 2.34. The summed E-state index contributed by atoms with van der Waals surface area (Å²) in [6.07, 6.45) is 0.695. The van der Waals surface area contributed by atoms with E-state index in [-0.39, 0.29) is 0 Å². The summed E-state index contributed by atoms with van der Waals surface area (Å²) in [5.41, 5.74) is 6.82. The van der Waals surface area contributed by atoms with Crippen molar-refractivity contribution in [3.63, 3.8) is 0 Å². The number of aliphatic imine (C=N–C) groups is 1. The first-order valence-corrected chi connectivity index (χ1v) is 6.83. The monoisotopic (exact) mass is 287 g/mol. The number of benzene rings is 1. The van der Waals surface area contributed by atoms with Gasteiger partial charge in [0.2, 0.25) is 0 Å². The number of nitrogens with zero attached hydrogens (tertiary/aromatic N) is 2. The van der Waals surface area contributed by atoms with E-state index in [0.717, 1.165) is 18.7 Å². The van der Waals surface area contributed by atoms with Crippen molar-refractivity contribution in [2.45, 2.75) is 20.3 Å². The highest BCUT2D eigenvalue weighted by Gasteiger charge is 2.05. The minimum atomic E-state index is 0.572. The van der Waals surface area contributed by atoms with Gasteiger partial charge < -0.3 is 10.6 Å². The highest BCUT2D eigenvalue weighted by Crippen LogP contribution is 2.24. The molecule has 0 amide bonds. The molecule has 1 aromatic rings. The van der Waals surface area contributed by atoms with Crippen molar-refractivity contribution in [3.8, 4) is 0 Å². The first-order valence-electron chi connectivity index (χ1n) is 6.07. The number of guanidine groups is 1. The second kappa shape index (κ2) is 7.49. The number of hydrogen-bond acceptors (Lipinski definition) is 1. The molecule has 2 N–H and O–H groups in total. The predicted molar refractivity (Wildman–Crippen MR) is 79.6 cm³/mol. The topological polar surface area (TPSA) is 41.6 Å². The molecule has 18 heavy (non-hydrogen) atoms. The third-order valence-electron chi connectivity index (χ3n) is 2.78. The summed E-state index contributed by atoms with van der Waals surface area (Å²) in [4.78, 5) is 6.35. The third kappa shape index (κ3) is 4.07. The second-order valence-corrected chi connectivity index (χ2v) is 4.68. The zero-order chi connectivity index (χ0) is 13.5. The second-order valence-electron chi connectivity index (χ2n) is 3.86. The van der Waals surface area contributed by atoms with Crippen molar-refractivity contribution in [1.29, 1.82) is 0 Å². The van der Waals surface area contributed by atoms with Crippen LogP contribution in [0.2, 0.25) is 10.0 Å².